The SMILES string of the molecule is CC1=C(C(N)=O)C(c2ccc(F)cc2)n2nc(-c3cccnc3)nc2N1. The molecule has 1 aromatic carbocycles. The Morgan fingerprint density at radius 1 is 1.27 bits per heavy atom. The lowest BCUT2D eigenvalue weighted by atomic mass is 9.95. The highest BCUT2D eigenvalue weighted by molar-refractivity contribution is 5.95. The van der Waals surface area contributed by atoms with Crippen LogP contribution in [0, 0.1) is 5.82 Å². The summed E-state index contributed by atoms with van der Waals surface area (Å²) < 4.78 is 14.9. The van der Waals surface area contributed by atoms with Crippen molar-refractivity contribution in [1.29, 1.82) is 0 Å². The van der Waals surface area contributed by atoms with Crippen molar-refractivity contribution < 1.29 is 9.18 Å². The van der Waals surface area contributed by atoms with E-state index in [1.807, 2.05) is 6.07 Å². The number of benzene rings is 1. The molecule has 0 spiro atoms. The van der Waals surface area contributed by atoms with Crippen LogP contribution in [0.5, 0.6) is 0 Å². The number of hydrogen-bond donors (Lipinski definition) is 2. The third-order valence-corrected chi connectivity index (χ3v) is 4.22. The second-order valence-electron chi connectivity index (χ2n) is 5.93. The van der Waals surface area contributed by atoms with Crippen molar-refractivity contribution in [3.05, 3.63) is 71.4 Å². The molecule has 0 fully saturated rings. The number of aromatic nitrogens is 4. The number of nitrogens with one attached hydrogen (secondary N) is 1. The molecule has 1 aliphatic heterocycles. The molecule has 3 heterocycles. The van der Waals surface area contributed by atoms with E-state index in [2.05, 4.69) is 20.4 Å². The molecule has 0 radical (unpaired) electrons. The standard InChI is InChI=1S/C18H15FN6O/c1-10-14(16(20)26)15(11-4-6-13(19)7-5-11)25-18(22-10)23-17(24-25)12-3-2-8-21-9-12/h2-9,15H,1H3,(H2,20,26)(H,22,23,24). The number of anilines is 1. The minimum absolute atomic E-state index is 0.353. The number of allylic oxidation sites excluding steroid dienone is 1. The summed E-state index contributed by atoms with van der Waals surface area (Å²) in [6.45, 7) is 1.75. The lowest BCUT2D eigenvalue weighted by Crippen LogP contribution is -2.31. The van der Waals surface area contributed by atoms with Crippen LogP contribution in [-0.2, 0) is 4.79 Å². The fraction of sp³-hybridized carbons (Fsp3) is 0.111. The number of nitrogens with two attached hydrogens (primary N) is 1. The Morgan fingerprint density at radius 3 is 2.69 bits per heavy atom. The van der Waals surface area contributed by atoms with E-state index in [0.717, 1.165) is 5.56 Å². The molecule has 0 bridgehead atoms. The number of hydrogen-bond acceptors (Lipinski definition) is 5. The van der Waals surface area contributed by atoms with Crippen LogP contribution in [0.25, 0.3) is 11.4 Å². The molecule has 4 rings (SSSR count). The molecule has 0 saturated carbocycles. The van der Waals surface area contributed by atoms with Gasteiger partial charge in [-0.1, -0.05) is 12.1 Å². The van der Waals surface area contributed by atoms with Gasteiger partial charge in [0, 0.05) is 23.7 Å². The molecule has 3 aromatic rings. The summed E-state index contributed by atoms with van der Waals surface area (Å²) in [5.41, 5.74) is 7.98. The number of primary amides is 1. The van der Waals surface area contributed by atoms with Gasteiger partial charge >= 0.3 is 0 Å². The topological polar surface area (TPSA) is 98.7 Å². The Hall–Kier alpha value is -3.55. The van der Waals surface area contributed by atoms with Crippen LogP contribution in [0.2, 0.25) is 0 Å². The number of amides is 1. The zero-order chi connectivity index (χ0) is 18.3. The number of halogens is 1. The highest BCUT2D eigenvalue weighted by Crippen LogP contribution is 2.35. The van der Waals surface area contributed by atoms with Gasteiger partial charge in [0.25, 0.3) is 0 Å². The number of fused-ring (bicyclic) bond motifs is 1. The van der Waals surface area contributed by atoms with E-state index in [-0.39, 0.29) is 5.82 Å². The zero-order valence-electron chi connectivity index (χ0n) is 13.8. The van der Waals surface area contributed by atoms with E-state index in [4.69, 9.17) is 5.73 Å². The number of pyridine rings is 1. The molecule has 7 nitrogen and oxygen atoms in total. The lowest BCUT2D eigenvalue weighted by Gasteiger charge is -2.27. The summed E-state index contributed by atoms with van der Waals surface area (Å²) in [5, 5.41) is 7.60. The predicted octanol–water partition coefficient (Wildman–Crippen LogP) is 2.25. The van der Waals surface area contributed by atoms with Gasteiger partial charge in [0.2, 0.25) is 11.9 Å². The van der Waals surface area contributed by atoms with E-state index in [9.17, 15) is 9.18 Å². The summed E-state index contributed by atoms with van der Waals surface area (Å²) in [7, 11) is 0. The third-order valence-electron chi connectivity index (χ3n) is 4.22. The van der Waals surface area contributed by atoms with Gasteiger partial charge in [-0.15, -0.1) is 5.10 Å². The fourth-order valence-electron chi connectivity index (χ4n) is 3.04. The van der Waals surface area contributed by atoms with Crippen LogP contribution in [0.3, 0.4) is 0 Å². The number of carbonyl (C=O) groups excluding carboxylic acids is 1. The number of rotatable bonds is 3. The van der Waals surface area contributed by atoms with Crippen LogP contribution in [-0.4, -0.2) is 25.7 Å². The molecule has 0 aliphatic carbocycles. The molecule has 2 aromatic heterocycles. The van der Waals surface area contributed by atoms with Crippen LogP contribution < -0.4 is 11.1 Å². The maximum Gasteiger partial charge on any atom is 0.248 e. The van der Waals surface area contributed by atoms with Gasteiger partial charge in [-0.2, -0.15) is 4.98 Å². The quantitative estimate of drug-likeness (QED) is 0.755. The second-order valence-corrected chi connectivity index (χ2v) is 5.93. The monoisotopic (exact) mass is 350 g/mol. The van der Waals surface area contributed by atoms with Gasteiger partial charge in [-0.05, 0) is 36.8 Å². The van der Waals surface area contributed by atoms with Crippen LogP contribution >= 0.6 is 0 Å². The Bertz CT molecular complexity index is 1010. The van der Waals surface area contributed by atoms with Crippen molar-refractivity contribution in [3.8, 4) is 11.4 Å². The first kappa shape index (κ1) is 15.9. The van der Waals surface area contributed by atoms with Crippen LogP contribution in [0.4, 0.5) is 10.3 Å². The van der Waals surface area contributed by atoms with Crippen molar-refractivity contribution in [1.82, 2.24) is 19.7 Å². The van der Waals surface area contributed by atoms with Gasteiger partial charge in [-0.25, -0.2) is 9.07 Å². The van der Waals surface area contributed by atoms with E-state index in [1.54, 1.807) is 42.2 Å². The molecule has 8 heteroatoms. The van der Waals surface area contributed by atoms with E-state index < -0.39 is 11.9 Å². The Labute approximate surface area is 148 Å². The van der Waals surface area contributed by atoms with Crippen molar-refractivity contribution in [2.24, 2.45) is 5.73 Å². The van der Waals surface area contributed by atoms with Gasteiger partial charge in [-0.3, -0.25) is 9.78 Å². The maximum absolute atomic E-state index is 13.3. The third kappa shape index (κ3) is 2.61. The molecule has 0 saturated heterocycles. The summed E-state index contributed by atoms with van der Waals surface area (Å²) in [4.78, 5) is 20.7. The average molecular weight is 350 g/mol. The van der Waals surface area contributed by atoms with Gasteiger partial charge in [0.15, 0.2) is 5.82 Å². The smallest absolute Gasteiger partial charge is 0.248 e. The van der Waals surface area contributed by atoms with E-state index in [1.165, 1.54) is 12.1 Å². The summed E-state index contributed by atoms with van der Waals surface area (Å²) in [6.07, 6.45) is 3.32. The number of nitrogens with zero attached hydrogens (tertiary/aromatic N) is 4. The van der Waals surface area contributed by atoms with Crippen molar-refractivity contribution >= 4 is 11.9 Å². The molecule has 1 aliphatic rings. The molecule has 1 atom stereocenters. The van der Waals surface area contributed by atoms with Crippen molar-refractivity contribution in [2.45, 2.75) is 13.0 Å². The molecule has 1 unspecified atom stereocenters. The van der Waals surface area contributed by atoms with Gasteiger partial charge < -0.3 is 11.1 Å². The van der Waals surface area contributed by atoms with Crippen molar-refractivity contribution in [3.63, 3.8) is 0 Å². The molecule has 1 amide bonds. The zero-order valence-corrected chi connectivity index (χ0v) is 13.8. The summed E-state index contributed by atoms with van der Waals surface area (Å²) >= 11 is 0. The normalized spacial score (nSPS) is 16.2. The average Bonchev–Trinajstić information content (AvgIpc) is 3.05. The molecular weight excluding hydrogens is 335 g/mol. The first-order valence-electron chi connectivity index (χ1n) is 7.94. The summed E-state index contributed by atoms with van der Waals surface area (Å²) in [5.74, 6) is -0.000753. The Balaban J connectivity index is 1.88. The Morgan fingerprint density at radius 2 is 2.04 bits per heavy atom. The van der Waals surface area contributed by atoms with Crippen LogP contribution in [0.1, 0.15) is 18.5 Å². The number of carbonyl (C=O) groups is 1. The van der Waals surface area contributed by atoms with E-state index in [0.29, 0.717) is 28.6 Å². The largest absolute Gasteiger partial charge is 0.366 e. The minimum atomic E-state index is -0.595. The van der Waals surface area contributed by atoms with Crippen molar-refractivity contribution in [2.75, 3.05) is 5.32 Å². The first-order valence-corrected chi connectivity index (χ1v) is 7.94. The fourth-order valence-corrected chi connectivity index (χ4v) is 3.04. The van der Waals surface area contributed by atoms with Gasteiger partial charge in [0.05, 0.1) is 5.57 Å². The molecular formula is C18H15FN6O. The molecule has 26 heavy (non-hydrogen) atoms. The highest BCUT2D eigenvalue weighted by Gasteiger charge is 2.33. The predicted molar refractivity (Wildman–Crippen MR) is 93.3 cm³/mol. The van der Waals surface area contributed by atoms with Crippen LogP contribution in [0.15, 0.2) is 60.1 Å². The van der Waals surface area contributed by atoms with Gasteiger partial charge in [0.1, 0.15) is 11.9 Å². The Kier molecular flexibility index (Phi) is 3.72. The minimum Gasteiger partial charge on any atom is -0.366 e. The second kappa shape index (κ2) is 6.07. The maximum atomic E-state index is 13.3. The summed E-state index contributed by atoms with van der Waals surface area (Å²) in [6, 6.07) is 8.93. The molecule has 3 N–H and O–H groups in total. The van der Waals surface area contributed by atoms with E-state index >= 15 is 0 Å². The molecule has 130 valence electrons. The lowest BCUT2D eigenvalue weighted by molar-refractivity contribution is -0.115. The highest BCUT2D eigenvalue weighted by atomic mass is 19.1. The first-order chi connectivity index (χ1) is 12.5.